The fourth-order valence-electron chi connectivity index (χ4n) is 1.83. The van der Waals surface area contributed by atoms with Gasteiger partial charge in [-0.25, -0.2) is 9.97 Å². The van der Waals surface area contributed by atoms with E-state index in [-0.39, 0.29) is 0 Å². The summed E-state index contributed by atoms with van der Waals surface area (Å²) in [4.78, 5) is 14.1. The minimum Gasteiger partial charge on any atom is -0.357 e. The molecule has 0 saturated carbocycles. The molecule has 0 saturated heterocycles. The molecule has 0 atom stereocenters. The van der Waals surface area contributed by atoms with Crippen molar-refractivity contribution in [1.29, 1.82) is 0 Å². The van der Waals surface area contributed by atoms with Crippen LogP contribution in [0.2, 0.25) is 0 Å². The van der Waals surface area contributed by atoms with Crippen LogP contribution in [0.15, 0.2) is 11.4 Å². The normalized spacial score (nSPS) is 11.1. The zero-order valence-corrected chi connectivity index (χ0v) is 11.1. The summed E-state index contributed by atoms with van der Waals surface area (Å²) in [5.41, 5.74) is 0. The Kier molecular flexibility index (Phi) is 2.48. The number of nitrogens with one attached hydrogen (secondary N) is 1. The smallest absolute Gasteiger partial charge is 0.225 e. The van der Waals surface area contributed by atoms with Gasteiger partial charge in [0.1, 0.15) is 16.5 Å². The first kappa shape index (κ1) is 11.1. The Morgan fingerprint density at radius 3 is 2.72 bits per heavy atom. The molecule has 0 fully saturated rings. The highest BCUT2D eigenvalue weighted by Crippen LogP contribution is 2.25. The average molecular weight is 260 g/mol. The summed E-state index contributed by atoms with van der Waals surface area (Å²) < 4.78 is 1.76. The lowest BCUT2D eigenvalue weighted by Crippen LogP contribution is -2.06. The van der Waals surface area contributed by atoms with E-state index in [9.17, 15) is 0 Å². The predicted molar refractivity (Wildman–Crippen MR) is 71.4 cm³/mol. The molecule has 3 aromatic rings. The molecule has 6 nitrogen and oxygen atoms in total. The zero-order valence-electron chi connectivity index (χ0n) is 10.3. The summed E-state index contributed by atoms with van der Waals surface area (Å²) in [5, 5.41) is 10.3. The van der Waals surface area contributed by atoms with Gasteiger partial charge in [0.05, 0.1) is 5.39 Å². The average Bonchev–Trinajstić information content (AvgIpc) is 2.94. The Morgan fingerprint density at radius 2 is 2.06 bits per heavy atom. The minimum absolute atomic E-state index is 0.590. The second-order valence-corrected chi connectivity index (χ2v) is 4.77. The van der Waals surface area contributed by atoms with Gasteiger partial charge in [-0.05, 0) is 25.3 Å². The van der Waals surface area contributed by atoms with Crippen molar-refractivity contribution in [2.75, 3.05) is 12.4 Å². The van der Waals surface area contributed by atoms with Crippen LogP contribution in [-0.4, -0.2) is 31.8 Å². The van der Waals surface area contributed by atoms with Gasteiger partial charge in [-0.1, -0.05) is 0 Å². The largest absolute Gasteiger partial charge is 0.357 e. The van der Waals surface area contributed by atoms with E-state index in [0.29, 0.717) is 5.95 Å². The molecule has 0 spiro atoms. The van der Waals surface area contributed by atoms with Crippen molar-refractivity contribution in [2.24, 2.45) is 0 Å². The highest BCUT2D eigenvalue weighted by molar-refractivity contribution is 7.16. The van der Waals surface area contributed by atoms with E-state index in [1.165, 1.54) is 0 Å². The number of thiophene rings is 1. The SMILES string of the molecule is CNc1nc(-n2nc(C)nc2C)c2ccsc2n1. The predicted octanol–water partition coefficient (Wildman–Crippen LogP) is 1.93. The third-order valence-electron chi connectivity index (χ3n) is 2.60. The molecular formula is C11H12N6S. The van der Waals surface area contributed by atoms with Gasteiger partial charge in [0.2, 0.25) is 5.95 Å². The lowest BCUT2D eigenvalue weighted by molar-refractivity contribution is 0.809. The van der Waals surface area contributed by atoms with Crippen LogP contribution in [0.4, 0.5) is 5.95 Å². The second kappa shape index (κ2) is 4.02. The van der Waals surface area contributed by atoms with E-state index >= 15 is 0 Å². The van der Waals surface area contributed by atoms with Gasteiger partial charge < -0.3 is 5.32 Å². The minimum atomic E-state index is 0.590. The maximum Gasteiger partial charge on any atom is 0.225 e. The number of aryl methyl sites for hydroxylation is 2. The van der Waals surface area contributed by atoms with Gasteiger partial charge >= 0.3 is 0 Å². The Hall–Kier alpha value is -2.02. The molecule has 0 aliphatic carbocycles. The van der Waals surface area contributed by atoms with Crippen molar-refractivity contribution in [2.45, 2.75) is 13.8 Å². The highest BCUT2D eigenvalue weighted by Gasteiger charge is 2.13. The molecule has 0 aliphatic rings. The number of rotatable bonds is 2. The topological polar surface area (TPSA) is 68.5 Å². The molecule has 3 heterocycles. The quantitative estimate of drug-likeness (QED) is 0.762. The van der Waals surface area contributed by atoms with Crippen LogP contribution in [0.5, 0.6) is 0 Å². The Bertz CT molecular complexity index is 713. The molecule has 0 radical (unpaired) electrons. The molecule has 0 amide bonds. The number of fused-ring (bicyclic) bond motifs is 1. The molecule has 3 rings (SSSR count). The van der Waals surface area contributed by atoms with E-state index in [1.54, 1.807) is 23.1 Å². The summed E-state index contributed by atoms with van der Waals surface area (Å²) in [6.45, 7) is 3.79. The molecule has 18 heavy (non-hydrogen) atoms. The van der Waals surface area contributed by atoms with Crippen LogP contribution in [0, 0.1) is 13.8 Å². The fraction of sp³-hybridized carbons (Fsp3) is 0.273. The summed E-state index contributed by atoms with van der Waals surface area (Å²) in [7, 11) is 1.80. The number of anilines is 1. The lowest BCUT2D eigenvalue weighted by Gasteiger charge is -2.06. The second-order valence-electron chi connectivity index (χ2n) is 3.88. The molecule has 1 N–H and O–H groups in total. The zero-order chi connectivity index (χ0) is 12.7. The molecule has 7 heteroatoms. The first-order valence-corrected chi connectivity index (χ1v) is 6.40. The van der Waals surface area contributed by atoms with Crippen molar-refractivity contribution < 1.29 is 0 Å². The van der Waals surface area contributed by atoms with Crippen molar-refractivity contribution in [3.63, 3.8) is 0 Å². The van der Waals surface area contributed by atoms with Crippen molar-refractivity contribution in [3.05, 3.63) is 23.1 Å². The number of nitrogens with zero attached hydrogens (tertiary/aromatic N) is 5. The Balaban J connectivity index is 2.33. The lowest BCUT2D eigenvalue weighted by atomic mass is 10.4. The van der Waals surface area contributed by atoms with Crippen molar-refractivity contribution >= 4 is 27.5 Å². The van der Waals surface area contributed by atoms with Crippen molar-refractivity contribution in [1.82, 2.24) is 24.7 Å². The molecule has 0 aromatic carbocycles. The molecule has 92 valence electrons. The maximum absolute atomic E-state index is 4.48. The third kappa shape index (κ3) is 1.63. The van der Waals surface area contributed by atoms with Crippen LogP contribution in [0.1, 0.15) is 11.6 Å². The van der Waals surface area contributed by atoms with Gasteiger partial charge in [0.15, 0.2) is 5.82 Å². The van der Waals surface area contributed by atoms with Crippen LogP contribution < -0.4 is 5.32 Å². The summed E-state index contributed by atoms with van der Waals surface area (Å²) in [6, 6.07) is 2.01. The van der Waals surface area contributed by atoms with E-state index in [0.717, 1.165) is 27.7 Å². The number of hydrogen-bond acceptors (Lipinski definition) is 6. The van der Waals surface area contributed by atoms with E-state index in [4.69, 9.17) is 0 Å². The van der Waals surface area contributed by atoms with Gasteiger partial charge in [-0.3, -0.25) is 0 Å². The molecule has 3 aromatic heterocycles. The van der Waals surface area contributed by atoms with Gasteiger partial charge in [0, 0.05) is 7.05 Å². The Morgan fingerprint density at radius 1 is 1.22 bits per heavy atom. The van der Waals surface area contributed by atoms with Crippen molar-refractivity contribution in [3.8, 4) is 5.82 Å². The highest BCUT2D eigenvalue weighted by atomic mass is 32.1. The third-order valence-corrected chi connectivity index (χ3v) is 3.41. The van der Waals surface area contributed by atoms with Crippen LogP contribution in [-0.2, 0) is 0 Å². The van der Waals surface area contributed by atoms with E-state index < -0.39 is 0 Å². The molecule has 0 unspecified atom stereocenters. The summed E-state index contributed by atoms with van der Waals surface area (Å²) in [5.74, 6) is 2.91. The fourth-order valence-corrected chi connectivity index (χ4v) is 2.59. The maximum atomic E-state index is 4.48. The van der Waals surface area contributed by atoms with E-state index in [1.807, 2.05) is 25.3 Å². The van der Waals surface area contributed by atoms with Crippen LogP contribution in [0.25, 0.3) is 16.0 Å². The van der Waals surface area contributed by atoms with Crippen LogP contribution in [0.3, 0.4) is 0 Å². The number of aromatic nitrogens is 5. The van der Waals surface area contributed by atoms with Gasteiger partial charge in [-0.15, -0.1) is 16.4 Å². The Labute approximate surface area is 108 Å². The first-order chi connectivity index (χ1) is 8.69. The van der Waals surface area contributed by atoms with Gasteiger partial charge in [-0.2, -0.15) is 9.67 Å². The molecule has 0 bridgehead atoms. The first-order valence-electron chi connectivity index (χ1n) is 5.52. The standard InChI is InChI=1S/C11H12N6S/c1-6-13-7(2)17(16-6)9-8-4-5-18-10(8)15-11(12-3)14-9/h4-5H,1-3H3,(H,12,14,15). The summed E-state index contributed by atoms with van der Waals surface area (Å²) >= 11 is 1.59. The summed E-state index contributed by atoms with van der Waals surface area (Å²) in [6.07, 6.45) is 0. The molecular weight excluding hydrogens is 248 g/mol. The van der Waals surface area contributed by atoms with Crippen LogP contribution >= 0.6 is 11.3 Å². The monoisotopic (exact) mass is 260 g/mol. The van der Waals surface area contributed by atoms with Gasteiger partial charge in [0.25, 0.3) is 0 Å². The molecule has 0 aliphatic heterocycles. The number of hydrogen-bond donors (Lipinski definition) is 1. The van der Waals surface area contributed by atoms with E-state index in [2.05, 4.69) is 25.4 Å².